The van der Waals surface area contributed by atoms with Gasteiger partial charge >= 0.3 is 5.56 Å². The topological polar surface area (TPSA) is 64.4 Å². The zero-order valence-electron chi connectivity index (χ0n) is 16.6. The second kappa shape index (κ2) is 8.68. The van der Waals surface area contributed by atoms with E-state index in [-0.39, 0.29) is 24.7 Å². The highest BCUT2D eigenvalue weighted by atomic mass is 19.1. The van der Waals surface area contributed by atoms with E-state index in [1.165, 1.54) is 17.0 Å². The van der Waals surface area contributed by atoms with Crippen molar-refractivity contribution in [1.82, 2.24) is 14.6 Å². The van der Waals surface area contributed by atoms with Crippen LogP contribution in [0.1, 0.15) is 33.0 Å². The van der Waals surface area contributed by atoms with E-state index in [2.05, 4.69) is 4.98 Å². The Kier molecular flexibility index (Phi) is 6.07. The van der Waals surface area contributed by atoms with Crippen LogP contribution in [0.3, 0.4) is 0 Å². The van der Waals surface area contributed by atoms with Gasteiger partial charge in [0.25, 0.3) is 5.91 Å². The minimum atomic E-state index is -0.611. The molecule has 6 nitrogen and oxygen atoms in total. The molecule has 0 N–H and O–H groups in total. The third kappa shape index (κ3) is 4.68. The fourth-order valence-corrected chi connectivity index (χ4v) is 2.82. The monoisotopic (exact) mass is 395 g/mol. The van der Waals surface area contributed by atoms with Gasteiger partial charge in [0.15, 0.2) is 5.69 Å². The number of aryl methyl sites for hydroxylation is 1. The molecule has 150 valence electrons. The quantitative estimate of drug-likeness (QED) is 0.644. The van der Waals surface area contributed by atoms with Crippen LogP contribution in [0.5, 0.6) is 0 Å². The van der Waals surface area contributed by atoms with Gasteiger partial charge in [-0.05, 0) is 37.1 Å². The molecule has 0 atom stereocenters. The zero-order chi connectivity index (χ0) is 21.0. The number of halogens is 1. The molecule has 0 aliphatic heterocycles. The van der Waals surface area contributed by atoms with Gasteiger partial charge in [-0.2, -0.15) is 0 Å². The molecule has 2 aromatic carbocycles. The Balaban J connectivity index is 1.84. The van der Waals surface area contributed by atoms with Crippen LogP contribution < -0.4 is 10.4 Å². The number of carbonyl (C=O) groups is 1. The van der Waals surface area contributed by atoms with Gasteiger partial charge in [0.05, 0.1) is 11.4 Å². The van der Waals surface area contributed by atoms with Gasteiger partial charge in [0.1, 0.15) is 12.4 Å². The molecule has 0 bridgehead atoms. The molecule has 1 heterocycles. The molecular formula is C22H22FN3O3. The lowest BCUT2D eigenvalue weighted by Crippen LogP contribution is -2.39. The van der Waals surface area contributed by atoms with Gasteiger partial charge < -0.3 is 9.74 Å². The fourth-order valence-electron chi connectivity index (χ4n) is 2.82. The highest BCUT2D eigenvalue weighted by molar-refractivity contribution is 5.91. The van der Waals surface area contributed by atoms with Crippen LogP contribution in [0.25, 0.3) is 0 Å². The number of amides is 1. The molecular weight excluding hydrogens is 373 g/mol. The lowest BCUT2D eigenvalue weighted by molar-refractivity contribution is 0.0718. The first-order valence-corrected chi connectivity index (χ1v) is 9.14. The Hall–Kier alpha value is -3.48. The molecule has 3 rings (SSSR count). The van der Waals surface area contributed by atoms with Crippen LogP contribution in [0.2, 0.25) is 0 Å². The Morgan fingerprint density at radius 1 is 1.07 bits per heavy atom. The van der Waals surface area contributed by atoms with Crippen LogP contribution >= 0.6 is 0 Å². The van der Waals surface area contributed by atoms with Crippen LogP contribution in [-0.2, 0) is 13.2 Å². The average molecular weight is 395 g/mol. The average Bonchev–Trinajstić information content (AvgIpc) is 2.72. The molecule has 0 unspecified atom stereocenters. The number of hydrogen-bond donors (Lipinski definition) is 0. The fraction of sp³-hybridized carbons (Fsp3) is 0.227. The molecule has 1 amide bonds. The first kappa shape index (κ1) is 20.3. The largest absolute Gasteiger partial charge is 0.406 e. The minimum Gasteiger partial charge on any atom is -0.406 e. The van der Waals surface area contributed by atoms with Crippen molar-refractivity contribution < 1.29 is 14.0 Å². The molecule has 0 aliphatic rings. The number of aromatic nitrogens is 2. The van der Waals surface area contributed by atoms with Crippen LogP contribution in [0.15, 0.2) is 59.4 Å². The van der Waals surface area contributed by atoms with Crippen molar-refractivity contribution in [3.63, 3.8) is 0 Å². The lowest BCUT2D eigenvalue weighted by Gasteiger charge is -2.19. The van der Waals surface area contributed by atoms with Gasteiger partial charge in [0, 0.05) is 13.6 Å². The van der Waals surface area contributed by atoms with Gasteiger partial charge in [-0.25, -0.2) is 9.37 Å². The summed E-state index contributed by atoms with van der Waals surface area (Å²) in [4.78, 5) is 37.0. The molecule has 0 fully saturated rings. The maximum atomic E-state index is 13.1. The minimum absolute atomic E-state index is 0.185. The van der Waals surface area contributed by atoms with E-state index in [1.54, 1.807) is 33.0 Å². The Morgan fingerprint density at radius 2 is 1.72 bits per heavy atom. The Morgan fingerprint density at radius 3 is 2.38 bits per heavy atom. The van der Waals surface area contributed by atoms with E-state index in [0.717, 1.165) is 15.9 Å². The third-order valence-electron chi connectivity index (χ3n) is 4.58. The van der Waals surface area contributed by atoms with Crippen LogP contribution in [-0.4, -0.2) is 27.6 Å². The molecule has 7 heteroatoms. The molecule has 0 aliphatic carbocycles. The summed E-state index contributed by atoms with van der Waals surface area (Å²) >= 11 is 0. The maximum Gasteiger partial charge on any atom is 0.314 e. The molecule has 29 heavy (non-hydrogen) atoms. The van der Waals surface area contributed by atoms with Gasteiger partial charge in [-0.15, -0.1) is 4.73 Å². The van der Waals surface area contributed by atoms with Crippen molar-refractivity contribution in [2.45, 2.75) is 27.0 Å². The van der Waals surface area contributed by atoms with Crippen LogP contribution in [0, 0.1) is 19.7 Å². The molecule has 1 aromatic heterocycles. The summed E-state index contributed by atoms with van der Waals surface area (Å²) in [5, 5.41) is 0. The van der Waals surface area contributed by atoms with Crippen molar-refractivity contribution in [2.75, 3.05) is 7.05 Å². The summed E-state index contributed by atoms with van der Waals surface area (Å²) in [7, 11) is 1.57. The summed E-state index contributed by atoms with van der Waals surface area (Å²) in [5.41, 5.74) is 1.87. The van der Waals surface area contributed by atoms with E-state index in [0.29, 0.717) is 11.4 Å². The van der Waals surface area contributed by atoms with Crippen molar-refractivity contribution >= 4 is 5.91 Å². The lowest BCUT2D eigenvalue weighted by atomic mass is 10.2. The SMILES string of the molecule is Cc1nc(C(=O)N(C)Cc2ccc(F)cc2)c(=O)n(OCc2ccccc2)c1C. The van der Waals surface area contributed by atoms with Gasteiger partial charge in [0.2, 0.25) is 0 Å². The van der Waals surface area contributed by atoms with Gasteiger partial charge in [-0.1, -0.05) is 42.5 Å². The third-order valence-corrected chi connectivity index (χ3v) is 4.58. The summed E-state index contributed by atoms with van der Waals surface area (Å²) in [5.74, 6) is -0.878. The van der Waals surface area contributed by atoms with E-state index in [1.807, 2.05) is 30.3 Å². The maximum absolute atomic E-state index is 13.1. The number of nitrogens with zero attached hydrogens (tertiary/aromatic N) is 3. The predicted octanol–water partition coefficient (Wildman–Crippen LogP) is 2.90. The van der Waals surface area contributed by atoms with Crippen LogP contribution in [0.4, 0.5) is 4.39 Å². The van der Waals surface area contributed by atoms with E-state index in [9.17, 15) is 14.0 Å². The highest BCUT2D eigenvalue weighted by Crippen LogP contribution is 2.09. The molecule has 0 saturated heterocycles. The number of rotatable bonds is 6. The molecule has 0 saturated carbocycles. The summed E-state index contributed by atoms with van der Waals surface area (Å²) < 4.78 is 14.2. The summed E-state index contributed by atoms with van der Waals surface area (Å²) in [6.07, 6.45) is 0. The number of benzene rings is 2. The second-order valence-corrected chi connectivity index (χ2v) is 6.78. The smallest absolute Gasteiger partial charge is 0.314 e. The summed E-state index contributed by atoms with van der Waals surface area (Å²) in [6.45, 7) is 3.83. The first-order valence-electron chi connectivity index (χ1n) is 9.14. The number of hydrogen-bond acceptors (Lipinski definition) is 4. The Bertz CT molecular complexity index is 1060. The molecule has 0 spiro atoms. The highest BCUT2D eigenvalue weighted by Gasteiger charge is 2.22. The van der Waals surface area contributed by atoms with E-state index >= 15 is 0 Å². The second-order valence-electron chi connectivity index (χ2n) is 6.78. The number of carbonyl (C=O) groups excluding carboxylic acids is 1. The molecule has 0 radical (unpaired) electrons. The predicted molar refractivity (Wildman–Crippen MR) is 107 cm³/mol. The first-order chi connectivity index (χ1) is 13.9. The van der Waals surface area contributed by atoms with E-state index < -0.39 is 11.5 Å². The molecule has 3 aromatic rings. The van der Waals surface area contributed by atoms with Crippen molar-refractivity contribution in [3.8, 4) is 0 Å². The van der Waals surface area contributed by atoms with Crippen molar-refractivity contribution in [2.24, 2.45) is 0 Å². The standard InChI is InChI=1S/C22H22FN3O3/c1-15-16(2)26(29-14-18-7-5-4-6-8-18)22(28)20(24-15)21(27)25(3)13-17-9-11-19(23)12-10-17/h4-12H,13-14H2,1-3H3. The van der Waals surface area contributed by atoms with Crippen molar-refractivity contribution in [3.05, 3.63) is 99.0 Å². The normalized spacial score (nSPS) is 10.6. The van der Waals surface area contributed by atoms with Gasteiger partial charge in [-0.3, -0.25) is 9.59 Å². The zero-order valence-corrected chi connectivity index (χ0v) is 16.6. The van der Waals surface area contributed by atoms with Crippen molar-refractivity contribution in [1.29, 1.82) is 0 Å². The Labute approximate surface area is 168 Å². The summed E-state index contributed by atoms with van der Waals surface area (Å²) in [6, 6.07) is 15.3. The van der Waals surface area contributed by atoms with E-state index in [4.69, 9.17) is 4.84 Å².